The molecule has 2 heterocycles. The van der Waals surface area contributed by atoms with Gasteiger partial charge in [0.05, 0.1) is 24.7 Å². The standard InChI is InChI=1S/C11H17N3O/c12-11(8-3-4-15-6-8)10-5-13-7-14(10)9-1-2-9/h5,7-9,11H,1-4,6,12H2. The number of aromatic nitrogens is 2. The predicted molar refractivity (Wildman–Crippen MR) is 56.4 cm³/mol. The second-order valence-corrected chi connectivity index (χ2v) is 4.61. The molecule has 15 heavy (non-hydrogen) atoms. The minimum absolute atomic E-state index is 0.0931. The molecular formula is C11H17N3O. The summed E-state index contributed by atoms with van der Waals surface area (Å²) in [5.41, 5.74) is 7.46. The smallest absolute Gasteiger partial charge is 0.0951 e. The molecule has 2 aliphatic rings. The fourth-order valence-corrected chi connectivity index (χ4v) is 2.31. The van der Waals surface area contributed by atoms with Crippen LogP contribution in [0.3, 0.4) is 0 Å². The highest BCUT2D eigenvalue weighted by Gasteiger charge is 2.31. The van der Waals surface area contributed by atoms with E-state index in [0.717, 1.165) is 19.6 Å². The van der Waals surface area contributed by atoms with Crippen LogP contribution >= 0.6 is 0 Å². The lowest BCUT2D eigenvalue weighted by atomic mass is 9.97. The van der Waals surface area contributed by atoms with Gasteiger partial charge in [-0.3, -0.25) is 0 Å². The number of rotatable bonds is 3. The van der Waals surface area contributed by atoms with Crippen LogP contribution < -0.4 is 5.73 Å². The van der Waals surface area contributed by atoms with E-state index in [0.29, 0.717) is 12.0 Å². The van der Waals surface area contributed by atoms with E-state index in [9.17, 15) is 0 Å². The maximum Gasteiger partial charge on any atom is 0.0951 e. The quantitative estimate of drug-likeness (QED) is 0.811. The Morgan fingerprint density at radius 3 is 3.00 bits per heavy atom. The Morgan fingerprint density at radius 2 is 2.33 bits per heavy atom. The third-order valence-corrected chi connectivity index (χ3v) is 3.45. The molecule has 1 saturated heterocycles. The second kappa shape index (κ2) is 3.61. The monoisotopic (exact) mass is 207 g/mol. The van der Waals surface area contributed by atoms with E-state index in [2.05, 4.69) is 9.55 Å². The van der Waals surface area contributed by atoms with Crippen LogP contribution in [-0.4, -0.2) is 22.8 Å². The van der Waals surface area contributed by atoms with Crippen LogP contribution in [0.15, 0.2) is 12.5 Å². The minimum Gasteiger partial charge on any atom is -0.381 e. The van der Waals surface area contributed by atoms with E-state index in [1.54, 1.807) is 0 Å². The summed E-state index contributed by atoms with van der Waals surface area (Å²) in [4.78, 5) is 4.22. The summed E-state index contributed by atoms with van der Waals surface area (Å²) in [6.07, 6.45) is 7.47. The van der Waals surface area contributed by atoms with E-state index in [1.807, 2.05) is 12.5 Å². The molecule has 0 bridgehead atoms. The zero-order chi connectivity index (χ0) is 10.3. The summed E-state index contributed by atoms with van der Waals surface area (Å²) in [6.45, 7) is 1.66. The van der Waals surface area contributed by atoms with E-state index < -0.39 is 0 Å². The molecular weight excluding hydrogens is 190 g/mol. The van der Waals surface area contributed by atoms with E-state index in [4.69, 9.17) is 10.5 Å². The molecule has 0 amide bonds. The zero-order valence-corrected chi connectivity index (χ0v) is 8.80. The Hall–Kier alpha value is -0.870. The highest BCUT2D eigenvalue weighted by molar-refractivity contribution is 5.10. The number of nitrogens with zero attached hydrogens (tertiary/aromatic N) is 2. The normalized spacial score (nSPS) is 28.2. The van der Waals surface area contributed by atoms with Crippen molar-refractivity contribution in [3.05, 3.63) is 18.2 Å². The van der Waals surface area contributed by atoms with E-state index in [-0.39, 0.29) is 6.04 Å². The first-order chi connectivity index (χ1) is 7.36. The van der Waals surface area contributed by atoms with Crippen LogP contribution in [0.5, 0.6) is 0 Å². The summed E-state index contributed by atoms with van der Waals surface area (Å²) in [5, 5.41) is 0. The second-order valence-electron chi connectivity index (χ2n) is 4.61. The van der Waals surface area contributed by atoms with Gasteiger partial charge in [-0.25, -0.2) is 4.98 Å². The molecule has 1 aromatic rings. The molecule has 0 radical (unpaired) electrons. The highest BCUT2D eigenvalue weighted by Crippen LogP contribution is 2.38. The molecule has 1 aliphatic heterocycles. The Labute approximate surface area is 89.4 Å². The van der Waals surface area contributed by atoms with Gasteiger partial charge in [0.2, 0.25) is 0 Å². The van der Waals surface area contributed by atoms with Crippen molar-refractivity contribution in [2.24, 2.45) is 11.7 Å². The van der Waals surface area contributed by atoms with Crippen molar-refractivity contribution in [3.8, 4) is 0 Å². The lowest BCUT2D eigenvalue weighted by molar-refractivity contribution is 0.180. The summed E-state index contributed by atoms with van der Waals surface area (Å²) >= 11 is 0. The summed E-state index contributed by atoms with van der Waals surface area (Å²) in [5.74, 6) is 0.471. The first-order valence-corrected chi connectivity index (χ1v) is 5.71. The van der Waals surface area contributed by atoms with Crippen molar-refractivity contribution >= 4 is 0 Å². The van der Waals surface area contributed by atoms with Gasteiger partial charge in [-0.1, -0.05) is 0 Å². The van der Waals surface area contributed by atoms with Crippen LogP contribution in [0.2, 0.25) is 0 Å². The van der Waals surface area contributed by atoms with Gasteiger partial charge in [0.1, 0.15) is 0 Å². The van der Waals surface area contributed by atoms with Gasteiger partial charge < -0.3 is 15.0 Å². The molecule has 3 rings (SSSR count). The van der Waals surface area contributed by atoms with Gasteiger partial charge in [-0.05, 0) is 19.3 Å². The van der Waals surface area contributed by atoms with Gasteiger partial charge in [0, 0.05) is 24.8 Å². The van der Waals surface area contributed by atoms with Crippen molar-refractivity contribution in [3.63, 3.8) is 0 Å². The number of imidazole rings is 1. The fraction of sp³-hybridized carbons (Fsp3) is 0.727. The third kappa shape index (κ3) is 1.68. The van der Waals surface area contributed by atoms with Crippen LogP contribution in [-0.2, 0) is 4.74 Å². The van der Waals surface area contributed by atoms with Crippen LogP contribution in [0.25, 0.3) is 0 Å². The molecule has 1 aliphatic carbocycles. The van der Waals surface area contributed by atoms with Crippen molar-refractivity contribution in [2.45, 2.75) is 31.3 Å². The van der Waals surface area contributed by atoms with Gasteiger partial charge >= 0.3 is 0 Å². The molecule has 2 unspecified atom stereocenters. The number of hydrogen-bond donors (Lipinski definition) is 1. The van der Waals surface area contributed by atoms with Gasteiger partial charge in [-0.2, -0.15) is 0 Å². The van der Waals surface area contributed by atoms with Crippen molar-refractivity contribution in [2.75, 3.05) is 13.2 Å². The molecule has 2 N–H and O–H groups in total. The minimum atomic E-state index is 0.0931. The number of nitrogens with two attached hydrogens (primary N) is 1. The lowest BCUT2D eigenvalue weighted by Crippen LogP contribution is -2.24. The Bertz CT molecular complexity index is 339. The number of hydrogen-bond acceptors (Lipinski definition) is 3. The molecule has 4 nitrogen and oxygen atoms in total. The SMILES string of the molecule is NC(c1cncn1C1CC1)C1CCOC1. The molecule has 2 fully saturated rings. The highest BCUT2D eigenvalue weighted by atomic mass is 16.5. The van der Waals surface area contributed by atoms with Crippen molar-refractivity contribution in [1.82, 2.24) is 9.55 Å². The molecule has 1 saturated carbocycles. The first-order valence-electron chi connectivity index (χ1n) is 5.71. The van der Waals surface area contributed by atoms with Crippen LogP contribution in [0, 0.1) is 5.92 Å². The molecule has 0 spiro atoms. The first kappa shape index (κ1) is 9.36. The Morgan fingerprint density at radius 1 is 1.47 bits per heavy atom. The van der Waals surface area contributed by atoms with Gasteiger partial charge in [-0.15, -0.1) is 0 Å². The topological polar surface area (TPSA) is 53.1 Å². The molecule has 82 valence electrons. The summed E-state index contributed by atoms with van der Waals surface area (Å²) in [7, 11) is 0. The van der Waals surface area contributed by atoms with Crippen molar-refractivity contribution < 1.29 is 4.74 Å². The average molecular weight is 207 g/mol. The van der Waals surface area contributed by atoms with E-state index in [1.165, 1.54) is 18.5 Å². The molecule has 4 heteroatoms. The maximum absolute atomic E-state index is 6.27. The predicted octanol–water partition coefficient (Wildman–Crippen LogP) is 1.25. The van der Waals surface area contributed by atoms with Gasteiger partial charge in [0.25, 0.3) is 0 Å². The van der Waals surface area contributed by atoms with Crippen molar-refractivity contribution in [1.29, 1.82) is 0 Å². The van der Waals surface area contributed by atoms with Gasteiger partial charge in [0.15, 0.2) is 0 Å². The molecule has 2 atom stereocenters. The molecule has 0 aromatic carbocycles. The summed E-state index contributed by atoms with van der Waals surface area (Å²) in [6, 6.07) is 0.756. The van der Waals surface area contributed by atoms with Crippen LogP contribution in [0.4, 0.5) is 0 Å². The fourth-order valence-electron chi connectivity index (χ4n) is 2.31. The zero-order valence-electron chi connectivity index (χ0n) is 8.80. The van der Waals surface area contributed by atoms with Crippen LogP contribution in [0.1, 0.15) is 37.0 Å². The third-order valence-electron chi connectivity index (χ3n) is 3.45. The summed E-state index contributed by atoms with van der Waals surface area (Å²) < 4.78 is 7.64. The molecule has 1 aromatic heterocycles. The lowest BCUT2D eigenvalue weighted by Gasteiger charge is -2.19. The van der Waals surface area contributed by atoms with E-state index >= 15 is 0 Å². The average Bonchev–Trinajstić information content (AvgIpc) is 2.82. The maximum atomic E-state index is 6.27. The Balaban J connectivity index is 1.81. The Kier molecular flexibility index (Phi) is 2.25. The largest absolute Gasteiger partial charge is 0.381 e. The number of ether oxygens (including phenoxy) is 1.